The molecule has 0 heterocycles. The van der Waals surface area contributed by atoms with Crippen molar-refractivity contribution in [1.29, 1.82) is 0 Å². The fourth-order valence-electron chi connectivity index (χ4n) is 0.774. The first kappa shape index (κ1) is 8.14. The SMILES string of the molecule is CN(C)C[Si](C)(C)O. The molecule has 0 fully saturated rings. The molecule has 0 aliphatic heterocycles. The van der Waals surface area contributed by atoms with Gasteiger partial charge in [-0.2, -0.15) is 0 Å². The zero-order valence-electron chi connectivity index (χ0n) is 6.10. The number of hydrogen-bond donors (Lipinski definition) is 1. The molecule has 3 heteroatoms. The molecule has 0 rings (SSSR count). The molecule has 50 valence electrons. The molecular weight excluding hydrogens is 118 g/mol. The van der Waals surface area contributed by atoms with Crippen molar-refractivity contribution in [2.45, 2.75) is 13.1 Å². The Morgan fingerprint density at radius 3 is 1.75 bits per heavy atom. The van der Waals surface area contributed by atoms with Gasteiger partial charge in [-0.1, -0.05) is 0 Å². The second-order valence-corrected chi connectivity index (χ2v) is 6.99. The van der Waals surface area contributed by atoms with E-state index in [1.165, 1.54) is 0 Å². The molecule has 8 heavy (non-hydrogen) atoms. The highest BCUT2D eigenvalue weighted by atomic mass is 28.4. The van der Waals surface area contributed by atoms with Gasteiger partial charge in [0, 0.05) is 6.17 Å². The van der Waals surface area contributed by atoms with Crippen LogP contribution >= 0.6 is 0 Å². The predicted molar refractivity (Wildman–Crippen MR) is 38.3 cm³/mol. The molecular formula is C5H15NOSi. The average molecular weight is 133 g/mol. The second-order valence-electron chi connectivity index (χ2n) is 3.05. The maximum atomic E-state index is 9.29. The topological polar surface area (TPSA) is 23.5 Å². The van der Waals surface area contributed by atoms with E-state index in [1.54, 1.807) is 0 Å². The highest BCUT2D eigenvalue weighted by Gasteiger charge is 2.16. The Morgan fingerprint density at radius 2 is 1.75 bits per heavy atom. The number of nitrogens with zero attached hydrogens (tertiary/aromatic N) is 1. The molecule has 0 bridgehead atoms. The average Bonchev–Trinajstić information content (AvgIpc) is 1.21. The summed E-state index contributed by atoms with van der Waals surface area (Å²) in [5.74, 6) is 0. The Hall–Kier alpha value is 0.137. The molecule has 0 amide bonds. The van der Waals surface area contributed by atoms with E-state index < -0.39 is 8.32 Å². The van der Waals surface area contributed by atoms with Crippen LogP contribution in [0.2, 0.25) is 13.1 Å². The molecule has 1 N–H and O–H groups in total. The Balaban J connectivity index is 3.39. The summed E-state index contributed by atoms with van der Waals surface area (Å²) < 4.78 is 0. The highest BCUT2D eigenvalue weighted by molar-refractivity contribution is 6.69. The molecule has 0 aliphatic carbocycles. The van der Waals surface area contributed by atoms with Gasteiger partial charge in [0.2, 0.25) is 0 Å². The summed E-state index contributed by atoms with van der Waals surface area (Å²) in [4.78, 5) is 11.3. The minimum Gasteiger partial charge on any atom is -0.431 e. The summed E-state index contributed by atoms with van der Waals surface area (Å²) in [7, 11) is 2.16. The summed E-state index contributed by atoms with van der Waals surface area (Å²) in [6.07, 6.45) is 0.854. The van der Waals surface area contributed by atoms with E-state index in [9.17, 15) is 4.80 Å². The summed E-state index contributed by atoms with van der Waals surface area (Å²) in [5.41, 5.74) is 0. The molecule has 0 saturated heterocycles. The Kier molecular flexibility index (Phi) is 2.66. The molecule has 2 nitrogen and oxygen atoms in total. The van der Waals surface area contributed by atoms with E-state index in [0.717, 1.165) is 6.17 Å². The van der Waals surface area contributed by atoms with E-state index in [4.69, 9.17) is 0 Å². The zero-order valence-corrected chi connectivity index (χ0v) is 7.10. The van der Waals surface area contributed by atoms with E-state index in [2.05, 4.69) is 0 Å². The zero-order chi connectivity index (χ0) is 6.78. The van der Waals surface area contributed by atoms with Crippen LogP contribution in [0.15, 0.2) is 0 Å². The predicted octanol–water partition coefficient (Wildman–Crippen LogP) is 0.285. The normalized spacial score (nSPS) is 12.8. The minimum absolute atomic E-state index is 0.854. The van der Waals surface area contributed by atoms with Crippen LogP contribution in [0.3, 0.4) is 0 Å². The Labute approximate surface area is 52.3 Å². The van der Waals surface area contributed by atoms with E-state index in [0.29, 0.717) is 0 Å². The maximum Gasteiger partial charge on any atom is 0.196 e. The van der Waals surface area contributed by atoms with Gasteiger partial charge in [-0.25, -0.2) is 0 Å². The van der Waals surface area contributed by atoms with Crippen LogP contribution in [0.5, 0.6) is 0 Å². The molecule has 0 saturated carbocycles. The van der Waals surface area contributed by atoms with Gasteiger partial charge in [-0.3, -0.25) is 0 Å². The molecule has 0 spiro atoms. The highest BCUT2D eigenvalue weighted by Crippen LogP contribution is 1.95. The summed E-state index contributed by atoms with van der Waals surface area (Å²) >= 11 is 0. The summed E-state index contributed by atoms with van der Waals surface area (Å²) in [5, 5.41) is 0. The van der Waals surface area contributed by atoms with Crippen molar-refractivity contribution in [3.8, 4) is 0 Å². The fourth-order valence-corrected chi connectivity index (χ4v) is 2.32. The smallest absolute Gasteiger partial charge is 0.196 e. The van der Waals surface area contributed by atoms with Gasteiger partial charge in [0.15, 0.2) is 8.32 Å². The maximum absolute atomic E-state index is 9.29. The molecule has 0 aromatic heterocycles. The monoisotopic (exact) mass is 133 g/mol. The van der Waals surface area contributed by atoms with Gasteiger partial charge in [0.05, 0.1) is 0 Å². The van der Waals surface area contributed by atoms with Gasteiger partial charge in [0.25, 0.3) is 0 Å². The van der Waals surface area contributed by atoms with Gasteiger partial charge in [0.1, 0.15) is 0 Å². The first-order chi connectivity index (χ1) is 3.42. The van der Waals surface area contributed by atoms with Crippen LogP contribution in [0.4, 0.5) is 0 Å². The van der Waals surface area contributed by atoms with Crippen LogP contribution in [0.25, 0.3) is 0 Å². The van der Waals surface area contributed by atoms with Crippen molar-refractivity contribution in [1.82, 2.24) is 4.90 Å². The number of rotatable bonds is 2. The van der Waals surface area contributed by atoms with Gasteiger partial charge in [-0.05, 0) is 27.2 Å². The van der Waals surface area contributed by atoms with E-state index >= 15 is 0 Å². The van der Waals surface area contributed by atoms with Crippen molar-refractivity contribution in [3.05, 3.63) is 0 Å². The third-order valence-corrected chi connectivity index (χ3v) is 2.11. The molecule has 0 atom stereocenters. The van der Waals surface area contributed by atoms with Crippen LogP contribution in [0.1, 0.15) is 0 Å². The minimum atomic E-state index is -1.79. The van der Waals surface area contributed by atoms with Gasteiger partial charge < -0.3 is 9.70 Å². The second kappa shape index (κ2) is 2.62. The van der Waals surface area contributed by atoms with Crippen molar-refractivity contribution < 1.29 is 4.80 Å². The van der Waals surface area contributed by atoms with Crippen molar-refractivity contribution in [2.75, 3.05) is 20.3 Å². The Bertz CT molecular complexity index is 67.3. The first-order valence-corrected chi connectivity index (χ1v) is 5.94. The largest absolute Gasteiger partial charge is 0.431 e. The third kappa shape index (κ3) is 6.14. The summed E-state index contributed by atoms with van der Waals surface area (Å²) in [6.45, 7) is 3.88. The van der Waals surface area contributed by atoms with Crippen LogP contribution in [0, 0.1) is 0 Å². The summed E-state index contributed by atoms with van der Waals surface area (Å²) in [6, 6.07) is 0. The third-order valence-electron chi connectivity index (χ3n) is 0.703. The molecule has 0 unspecified atom stereocenters. The molecule has 0 radical (unpaired) electrons. The van der Waals surface area contributed by atoms with E-state index in [1.807, 2.05) is 32.1 Å². The van der Waals surface area contributed by atoms with Crippen molar-refractivity contribution in [3.63, 3.8) is 0 Å². The van der Waals surface area contributed by atoms with Crippen molar-refractivity contribution in [2.24, 2.45) is 0 Å². The van der Waals surface area contributed by atoms with Gasteiger partial charge >= 0.3 is 0 Å². The quantitative estimate of drug-likeness (QED) is 0.547. The first-order valence-electron chi connectivity index (χ1n) is 2.79. The lowest BCUT2D eigenvalue weighted by atomic mass is 11.0. The van der Waals surface area contributed by atoms with Crippen LogP contribution in [-0.4, -0.2) is 38.3 Å². The molecule has 0 aromatic carbocycles. The standard InChI is InChI=1S/C5H15NOSi/c1-6(2)5-8(3,4)7/h7H,5H2,1-4H3. The van der Waals surface area contributed by atoms with Crippen LogP contribution < -0.4 is 0 Å². The van der Waals surface area contributed by atoms with Gasteiger partial charge in [-0.15, -0.1) is 0 Å². The lowest BCUT2D eigenvalue weighted by Gasteiger charge is -2.18. The van der Waals surface area contributed by atoms with E-state index in [-0.39, 0.29) is 0 Å². The lowest BCUT2D eigenvalue weighted by molar-refractivity contribution is 0.427. The van der Waals surface area contributed by atoms with Crippen LogP contribution in [-0.2, 0) is 0 Å². The molecule has 0 aliphatic rings. The molecule has 0 aromatic rings. The fraction of sp³-hybridized carbons (Fsp3) is 1.00. The number of hydrogen-bond acceptors (Lipinski definition) is 2. The lowest BCUT2D eigenvalue weighted by Crippen LogP contribution is -2.39. The Morgan fingerprint density at radius 1 is 1.38 bits per heavy atom. The van der Waals surface area contributed by atoms with Crippen molar-refractivity contribution >= 4 is 8.32 Å².